The molecule has 0 fully saturated rings. The monoisotopic (exact) mass is 875 g/mol. The van der Waals surface area contributed by atoms with Crippen molar-refractivity contribution in [2.45, 2.75) is 278 Å². The average Bonchev–Trinajstić information content (AvgIpc) is 3.28. The number of esters is 3. The number of allylic oxidation sites excluding steroid dienone is 4. The Hall–Kier alpha value is -2.15. The third kappa shape index (κ3) is 43.1. The van der Waals surface area contributed by atoms with Crippen LogP contribution in [0, 0.1) is 5.41 Å². The van der Waals surface area contributed by atoms with Crippen LogP contribution in [-0.2, 0) is 28.6 Å². The van der Waals surface area contributed by atoms with Crippen LogP contribution in [0.25, 0.3) is 0 Å². The first-order valence-electron chi connectivity index (χ1n) is 26.8. The average molecular weight is 875 g/mol. The summed E-state index contributed by atoms with van der Waals surface area (Å²) < 4.78 is 16.9. The van der Waals surface area contributed by atoms with E-state index in [9.17, 15) is 19.5 Å². The molecule has 0 aliphatic carbocycles. The molecule has 0 aromatic rings. The van der Waals surface area contributed by atoms with Gasteiger partial charge < -0.3 is 19.3 Å². The summed E-state index contributed by atoms with van der Waals surface area (Å²) in [6.07, 6.45) is 54.3. The van der Waals surface area contributed by atoms with Gasteiger partial charge in [-0.25, -0.2) is 0 Å². The smallest absolute Gasteiger partial charge is 0.305 e. The molecule has 364 valence electrons. The van der Waals surface area contributed by atoms with E-state index in [0.29, 0.717) is 19.3 Å². The Balaban J connectivity index is 4.60. The van der Waals surface area contributed by atoms with E-state index in [4.69, 9.17) is 14.2 Å². The van der Waals surface area contributed by atoms with Gasteiger partial charge in [-0.3, -0.25) is 14.4 Å². The predicted octanol–water partition coefficient (Wildman–Crippen LogP) is 16.4. The topological polar surface area (TPSA) is 99.1 Å². The van der Waals surface area contributed by atoms with E-state index in [0.717, 1.165) is 83.5 Å². The molecule has 1 N–H and O–H groups in total. The predicted molar refractivity (Wildman–Crippen MR) is 262 cm³/mol. The van der Waals surface area contributed by atoms with Gasteiger partial charge in [0.25, 0.3) is 0 Å². The number of hydrogen-bond donors (Lipinski definition) is 1. The van der Waals surface area contributed by atoms with Gasteiger partial charge in [0.15, 0.2) is 0 Å². The molecule has 0 aromatic heterocycles. The van der Waals surface area contributed by atoms with Gasteiger partial charge in [-0.05, 0) is 70.6 Å². The maximum atomic E-state index is 12.8. The highest BCUT2D eigenvalue weighted by Crippen LogP contribution is 2.22. The molecular weight excluding hydrogens is 773 g/mol. The lowest BCUT2D eigenvalue weighted by atomic mass is 9.92. The van der Waals surface area contributed by atoms with E-state index in [1.165, 1.54) is 154 Å². The molecule has 0 rings (SSSR count). The highest BCUT2D eigenvalue weighted by Gasteiger charge is 2.35. The fourth-order valence-corrected chi connectivity index (χ4v) is 7.79. The van der Waals surface area contributed by atoms with Crippen molar-refractivity contribution in [1.29, 1.82) is 0 Å². The van der Waals surface area contributed by atoms with Crippen LogP contribution in [0.2, 0.25) is 0 Å². The third-order valence-electron chi connectivity index (χ3n) is 12.2. The molecule has 0 spiro atoms. The second-order valence-corrected chi connectivity index (χ2v) is 18.6. The number of carbonyl (C=O) groups excluding carboxylic acids is 3. The van der Waals surface area contributed by atoms with Crippen molar-refractivity contribution < 1.29 is 33.7 Å². The summed E-state index contributed by atoms with van der Waals surface area (Å²) in [5.41, 5.74) is -1.19. The highest BCUT2D eigenvalue weighted by molar-refractivity contribution is 5.70. The Morgan fingerprint density at radius 1 is 0.339 bits per heavy atom. The van der Waals surface area contributed by atoms with Gasteiger partial charge in [0.05, 0.1) is 12.0 Å². The second kappa shape index (κ2) is 48.3. The van der Waals surface area contributed by atoms with E-state index in [1.807, 2.05) is 0 Å². The summed E-state index contributed by atoms with van der Waals surface area (Å²) in [7, 11) is 0. The maximum absolute atomic E-state index is 12.8. The molecule has 0 unspecified atom stereocenters. The highest BCUT2D eigenvalue weighted by atomic mass is 16.6. The Morgan fingerprint density at radius 2 is 0.548 bits per heavy atom. The van der Waals surface area contributed by atoms with Crippen molar-refractivity contribution in [3.8, 4) is 0 Å². The molecule has 0 saturated heterocycles. The van der Waals surface area contributed by atoms with Crippen molar-refractivity contribution in [3.05, 3.63) is 24.3 Å². The molecule has 7 heteroatoms. The van der Waals surface area contributed by atoms with Gasteiger partial charge in [-0.15, -0.1) is 0 Å². The lowest BCUT2D eigenvalue weighted by molar-refractivity contribution is -0.165. The first-order chi connectivity index (χ1) is 30.4. The van der Waals surface area contributed by atoms with Crippen molar-refractivity contribution in [1.82, 2.24) is 0 Å². The minimum Gasteiger partial charge on any atom is -0.465 e. The van der Waals surface area contributed by atoms with Gasteiger partial charge in [-0.1, -0.05) is 212 Å². The second-order valence-electron chi connectivity index (χ2n) is 18.6. The SMILES string of the molecule is CCCCCCCC/C=C\CCCCCCCC(=O)OCC(CO)(COC(=O)CCCCCCC/C=C\CCCCCCCC)COC(=O)CCCCCCCCCCCCC. The van der Waals surface area contributed by atoms with Gasteiger partial charge in [0.2, 0.25) is 0 Å². The van der Waals surface area contributed by atoms with Crippen molar-refractivity contribution in [2.24, 2.45) is 5.41 Å². The van der Waals surface area contributed by atoms with E-state index in [2.05, 4.69) is 45.1 Å². The van der Waals surface area contributed by atoms with Gasteiger partial charge in [0, 0.05) is 19.3 Å². The summed E-state index contributed by atoms with van der Waals surface area (Å²) in [5.74, 6) is -1.02. The molecule has 62 heavy (non-hydrogen) atoms. The Kier molecular flexibility index (Phi) is 46.6. The minimum absolute atomic E-state index is 0.165. The number of rotatable bonds is 49. The standard InChI is InChI=1S/C55H102O7/c1-4-7-10-13-16-19-22-24-26-28-31-34-37-40-43-46-53(58)61-50-55(48-56,49-60-52(57)45-42-39-36-33-30-21-18-15-12-9-6-3)51-62-54(59)47-44-41-38-35-32-29-27-25-23-20-17-14-11-8-5-2/h24-27,56H,4-23,28-51H2,1-3H3/b26-24-,27-25-. The largest absolute Gasteiger partial charge is 0.465 e. The van der Waals surface area contributed by atoms with Crippen molar-refractivity contribution in [2.75, 3.05) is 26.4 Å². The number of hydrogen-bond acceptors (Lipinski definition) is 7. The summed E-state index contributed by atoms with van der Waals surface area (Å²) in [5, 5.41) is 10.5. The number of carbonyl (C=O) groups is 3. The van der Waals surface area contributed by atoms with Crippen LogP contribution in [0.15, 0.2) is 24.3 Å². The molecule has 0 aliphatic heterocycles. The Morgan fingerprint density at radius 3 is 0.774 bits per heavy atom. The number of aliphatic hydroxyl groups excluding tert-OH is 1. The summed E-state index contributed by atoms with van der Waals surface area (Å²) in [6.45, 7) is 5.83. The van der Waals surface area contributed by atoms with E-state index < -0.39 is 12.0 Å². The zero-order chi connectivity index (χ0) is 45.3. The molecule has 0 aliphatic rings. The Labute approximate surface area is 384 Å². The summed E-state index contributed by atoms with van der Waals surface area (Å²) >= 11 is 0. The van der Waals surface area contributed by atoms with Crippen molar-refractivity contribution >= 4 is 17.9 Å². The zero-order valence-corrected chi connectivity index (χ0v) is 41.3. The number of ether oxygens (including phenoxy) is 3. The fourth-order valence-electron chi connectivity index (χ4n) is 7.79. The molecule has 0 bridgehead atoms. The molecule has 0 radical (unpaired) electrons. The van der Waals surface area contributed by atoms with Crippen LogP contribution in [0.1, 0.15) is 278 Å². The minimum atomic E-state index is -1.19. The molecule has 7 nitrogen and oxygen atoms in total. The fraction of sp³-hybridized carbons (Fsp3) is 0.873. The summed E-state index contributed by atoms with van der Waals surface area (Å²) in [4.78, 5) is 38.3. The van der Waals surface area contributed by atoms with Gasteiger partial charge in [0.1, 0.15) is 19.8 Å². The third-order valence-corrected chi connectivity index (χ3v) is 12.2. The molecule has 0 aromatic carbocycles. The number of unbranched alkanes of at least 4 members (excludes halogenated alkanes) is 32. The number of aliphatic hydroxyl groups is 1. The first-order valence-corrected chi connectivity index (χ1v) is 26.8. The lowest BCUT2D eigenvalue weighted by Gasteiger charge is -2.30. The normalized spacial score (nSPS) is 11.9. The van der Waals surface area contributed by atoms with Crippen LogP contribution in [0.5, 0.6) is 0 Å². The Bertz CT molecular complexity index is 981. The lowest BCUT2D eigenvalue weighted by Crippen LogP contribution is -2.42. The quantitative estimate of drug-likeness (QED) is 0.0281. The van der Waals surface area contributed by atoms with Crippen LogP contribution in [0.3, 0.4) is 0 Å². The van der Waals surface area contributed by atoms with Crippen LogP contribution >= 0.6 is 0 Å². The van der Waals surface area contributed by atoms with Crippen LogP contribution in [-0.4, -0.2) is 49.4 Å². The van der Waals surface area contributed by atoms with Crippen LogP contribution < -0.4 is 0 Å². The molecule has 0 saturated carbocycles. The zero-order valence-electron chi connectivity index (χ0n) is 41.3. The van der Waals surface area contributed by atoms with E-state index in [1.54, 1.807) is 0 Å². The van der Waals surface area contributed by atoms with Crippen molar-refractivity contribution in [3.63, 3.8) is 0 Å². The van der Waals surface area contributed by atoms with E-state index >= 15 is 0 Å². The van der Waals surface area contributed by atoms with Gasteiger partial charge in [-0.2, -0.15) is 0 Å². The van der Waals surface area contributed by atoms with Gasteiger partial charge >= 0.3 is 17.9 Å². The molecule has 0 heterocycles. The molecule has 0 amide bonds. The van der Waals surface area contributed by atoms with E-state index in [-0.39, 0.29) is 37.7 Å². The molecular formula is C55H102O7. The molecule has 0 atom stereocenters. The maximum Gasteiger partial charge on any atom is 0.305 e. The summed E-state index contributed by atoms with van der Waals surface area (Å²) in [6, 6.07) is 0. The van der Waals surface area contributed by atoms with Crippen LogP contribution in [0.4, 0.5) is 0 Å². The first kappa shape index (κ1) is 59.9.